The first-order valence-corrected chi connectivity index (χ1v) is 6.92. The van der Waals surface area contributed by atoms with E-state index in [1.807, 2.05) is 29.2 Å². The minimum absolute atomic E-state index is 0.0165. The molecule has 0 saturated carbocycles. The van der Waals surface area contributed by atoms with Crippen LogP contribution in [0.25, 0.3) is 0 Å². The second-order valence-corrected chi connectivity index (χ2v) is 5.81. The molecule has 1 aromatic carbocycles. The summed E-state index contributed by atoms with van der Waals surface area (Å²) in [5.74, 6) is 0.435. The van der Waals surface area contributed by atoms with Crippen molar-refractivity contribution in [3.05, 3.63) is 34.3 Å². The molecule has 0 radical (unpaired) electrons. The van der Waals surface area contributed by atoms with Gasteiger partial charge in [-0.1, -0.05) is 41.9 Å². The Labute approximate surface area is 116 Å². The molecule has 0 bridgehead atoms. The summed E-state index contributed by atoms with van der Waals surface area (Å²) < 4.78 is 1.05. The molecule has 0 aliphatic carbocycles. The molecule has 0 spiro atoms. The number of benzene rings is 1. The lowest BCUT2D eigenvalue weighted by Gasteiger charge is -2.35. The summed E-state index contributed by atoms with van der Waals surface area (Å²) in [7, 11) is 0. The van der Waals surface area contributed by atoms with Gasteiger partial charge in [0.2, 0.25) is 0 Å². The Morgan fingerprint density at radius 2 is 2.06 bits per heavy atom. The maximum Gasteiger partial charge on any atom is 0.265 e. The van der Waals surface area contributed by atoms with E-state index in [1.54, 1.807) is 0 Å². The van der Waals surface area contributed by atoms with Crippen molar-refractivity contribution in [2.24, 2.45) is 10.9 Å². The number of aliphatic imine (C=N–C) groups is 1. The van der Waals surface area contributed by atoms with Crippen LogP contribution in [0.2, 0.25) is 0 Å². The standard InChI is InChI=1S/C14H17BrN2O/c1-10(2)13-7-16-8-14(18)17(13)9-11-3-5-12(15)6-4-11/h3-6,8,10,13H,7,9H2,1-2H3. The number of nitrogens with zero attached hydrogens (tertiary/aromatic N) is 2. The molecule has 2 rings (SSSR count). The third kappa shape index (κ3) is 2.99. The number of carbonyl (C=O) groups excluding carboxylic acids is 1. The van der Waals surface area contributed by atoms with Crippen molar-refractivity contribution >= 4 is 28.1 Å². The van der Waals surface area contributed by atoms with Crippen LogP contribution in [0.3, 0.4) is 0 Å². The highest BCUT2D eigenvalue weighted by molar-refractivity contribution is 9.10. The van der Waals surface area contributed by atoms with Crippen LogP contribution in [-0.2, 0) is 11.3 Å². The van der Waals surface area contributed by atoms with Gasteiger partial charge in [0.25, 0.3) is 5.91 Å². The van der Waals surface area contributed by atoms with Gasteiger partial charge < -0.3 is 4.90 Å². The van der Waals surface area contributed by atoms with E-state index in [2.05, 4.69) is 34.8 Å². The molecule has 0 N–H and O–H groups in total. The monoisotopic (exact) mass is 308 g/mol. The molecule has 0 fully saturated rings. The van der Waals surface area contributed by atoms with E-state index in [9.17, 15) is 4.79 Å². The van der Waals surface area contributed by atoms with Crippen molar-refractivity contribution in [1.82, 2.24) is 4.90 Å². The minimum Gasteiger partial charge on any atom is -0.328 e. The topological polar surface area (TPSA) is 32.7 Å². The van der Waals surface area contributed by atoms with Crippen molar-refractivity contribution in [3.8, 4) is 0 Å². The lowest BCUT2D eigenvalue weighted by atomic mass is 10.0. The fraction of sp³-hybridized carbons (Fsp3) is 0.429. The quantitative estimate of drug-likeness (QED) is 0.845. The number of rotatable bonds is 3. The van der Waals surface area contributed by atoms with Gasteiger partial charge in [0.1, 0.15) is 0 Å². The van der Waals surface area contributed by atoms with Gasteiger partial charge in [0.15, 0.2) is 0 Å². The van der Waals surface area contributed by atoms with Gasteiger partial charge in [0.05, 0.1) is 18.8 Å². The molecule has 1 atom stereocenters. The highest BCUT2D eigenvalue weighted by Gasteiger charge is 2.27. The molecule has 0 saturated heterocycles. The van der Waals surface area contributed by atoms with Crippen molar-refractivity contribution < 1.29 is 4.79 Å². The molecule has 1 amide bonds. The maximum absolute atomic E-state index is 11.9. The van der Waals surface area contributed by atoms with Crippen molar-refractivity contribution in [1.29, 1.82) is 0 Å². The first kappa shape index (κ1) is 13.3. The van der Waals surface area contributed by atoms with Gasteiger partial charge in [-0.3, -0.25) is 9.79 Å². The fourth-order valence-corrected chi connectivity index (χ4v) is 2.39. The van der Waals surface area contributed by atoms with Gasteiger partial charge in [-0.25, -0.2) is 0 Å². The van der Waals surface area contributed by atoms with Gasteiger partial charge in [-0.05, 0) is 23.6 Å². The number of amides is 1. The average Bonchev–Trinajstić information content (AvgIpc) is 2.34. The molecular formula is C14H17BrN2O. The lowest BCUT2D eigenvalue weighted by Crippen LogP contribution is -2.47. The summed E-state index contributed by atoms with van der Waals surface area (Å²) >= 11 is 3.42. The molecule has 1 unspecified atom stereocenters. The van der Waals surface area contributed by atoms with Gasteiger partial charge >= 0.3 is 0 Å². The molecule has 1 aromatic rings. The number of hydrogen-bond acceptors (Lipinski definition) is 2. The molecule has 96 valence electrons. The summed E-state index contributed by atoms with van der Waals surface area (Å²) in [6.07, 6.45) is 1.44. The molecule has 3 nitrogen and oxygen atoms in total. The molecule has 18 heavy (non-hydrogen) atoms. The van der Waals surface area contributed by atoms with Crippen LogP contribution >= 0.6 is 15.9 Å². The number of halogens is 1. The highest BCUT2D eigenvalue weighted by Crippen LogP contribution is 2.19. The second kappa shape index (κ2) is 5.65. The minimum atomic E-state index is 0.0165. The Hall–Kier alpha value is -1.16. The largest absolute Gasteiger partial charge is 0.328 e. The smallest absolute Gasteiger partial charge is 0.265 e. The van der Waals surface area contributed by atoms with Crippen LogP contribution in [0.15, 0.2) is 33.7 Å². The van der Waals surface area contributed by atoms with Gasteiger partial charge in [0, 0.05) is 11.0 Å². The van der Waals surface area contributed by atoms with E-state index in [1.165, 1.54) is 6.21 Å². The third-order valence-corrected chi connectivity index (χ3v) is 3.74. The van der Waals surface area contributed by atoms with E-state index < -0.39 is 0 Å². The van der Waals surface area contributed by atoms with Crippen molar-refractivity contribution in [2.75, 3.05) is 6.54 Å². The van der Waals surface area contributed by atoms with Crippen LogP contribution in [0.4, 0.5) is 0 Å². The molecule has 1 heterocycles. The predicted molar refractivity (Wildman–Crippen MR) is 76.7 cm³/mol. The normalized spacial score (nSPS) is 19.7. The van der Waals surface area contributed by atoms with Crippen molar-refractivity contribution in [3.63, 3.8) is 0 Å². The fourth-order valence-electron chi connectivity index (χ4n) is 2.13. The van der Waals surface area contributed by atoms with Crippen LogP contribution in [0.1, 0.15) is 19.4 Å². The summed E-state index contributed by atoms with van der Waals surface area (Å²) in [6.45, 7) is 5.63. The summed E-state index contributed by atoms with van der Waals surface area (Å²) in [5, 5.41) is 0. The van der Waals surface area contributed by atoms with E-state index in [0.717, 1.165) is 10.0 Å². The SMILES string of the molecule is CC(C)C1CN=CC(=O)N1Cc1ccc(Br)cc1. The Kier molecular flexibility index (Phi) is 4.17. The average molecular weight is 309 g/mol. The molecule has 1 aliphatic heterocycles. The van der Waals surface area contributed by atoms with Crippen LogP contribution in [0, 0.1) is 5.92 Å². The summed E-state index contributed by atoms with van der Waals surface area (Å²) in [5.41, 5.74) is 1.15. The summed E-state index contributed by atoms with van der Waals surface area (Å²) in [6, 6.07) is 8.29. The first-order chi connectivity index (χ1) is 8.58. The third-order valence-electron chi connectivity index (χ3n) is 3.21. The Morgan fingerprint density at radius 1 is 1.39 bits per heavy atom. The molecular weight excluding hydrogens is 292 g/mol. The van der Waals surface area contributed by atoms with Crippen molar-refractivity contribution in [2.45, 2.75) is 26.4 Å². The van der Waals surface area contributed by atoms with Crippen LogP contribution in [-0.4, -0.2) is 29.6 Å². The van der Waals surface area contributed by atoms with Gasteiger partial charge in [-0.15, -0.1) is 0 Å². The molecule has 1 aliphatic rings. The first-order valence-electron chi connectivity index (χ1n) is 6.13. The Morgan fingerprint density at radius 3 is 2.67 bits per heavy atom. The van der Waals surface area contributed by atoms with Crippen LogP contribution < -0.4 is 0 Å². The van der Waals surface area contributed by atoms with E-state index in [-0.39, 0.29) is 11.9 Å². The second-order valence-electron chi connectivity index (χ2n) is 4.90. The maximum atomic E-state index is 11.9. The highest BCUT2D eigenvalue weighted by atomic mass is 79.9. The zero-order valence-corrected chi connectivity index (χ0v) is 12.2. The Bertz CT molecular complexity index is 453. The van der Waals surface area contributed by atoms with Crippen LogP contribution in [0.5, 0.6) is 0 Å². The van der Waals surface area contributed by atoms with Gasteiger partial charge in [-0.2, -0.15) is 0 Å². The Balaban J connectivity index is 2.16. The van der Waals surface area contributed by atoms with E-state index >= 15 is 0 Å². The zero-order chi connectivity index (χ0) is 13.1. The molecule has 4 heteroatoms. The zero-order valence-electron chi connectivity index (χ0n) is 10.6. The lowest BCUT2D eigenvalue weighted by molar-refractivity contribution is -0.128. The van der Waals surface area contributed by atoms with E-state index in [4.69, 9.17) is 0 Å². The number of hydrogen-bond donors (Lipinski definition) is 0. The van der Waals surface area contributed by atoms with E-state index in [0.29, 0.717) is 19.0 Å². The number of carbonyl (C=O) groups is 1. The summed E-state index contributed by atoms with van der Waals surface area (Å²) in [4.78, 5) is 18.0. The predicted octanol–water partition coefficient (Wildman–Crippen LogP) is 2.89. The molecule has 0 aromatic heterocycles.